The van der Waals surface area contributed by atoms with E-state index < -0.39 is 5.97 Å². The SMILES string of the molecule is C=CC(=O)OCOC1CCCC1. The van der Waals surface area contributed by atoms with Gasteiger partial charge in [-0.1, -0.05) is 19.4 Å². The molecule has 3 heteroatoms. The van der Waals surface area contributed by atoms with Crippen molar-refractivity contribution in [2.24, 2.45) is 0 Å². The first-order valence-electron chi connectivity index (χ1n) is 4.23. The third-order valence-electron chi connectivity index (χ3n) is 1.97. The van der Waals surface area contributed by atoms with Crippen LogP contribution >= 0.6 is 0 Å². The van der Waals surface area contributed by atoms with Crippen LogP contribution in [0.15, 0.2) is 12.7 Å². The van der Waals surface area contributed by atoms with E-state index in [2.05, 4.69) is 11.3 Å². The quantitative estimate of drug-likeness (QED) is 0.365. The van der Waals surface area contributed by atoms with Crippen molar-refractivity contribution in [1.82, 2.24) is 0 Å². The third-order valence-corrected chi connectivity index (χ3v) is 1.97. The van der Waals surface area contributed by atoms with Crippen molar-refractivity contribution < 1.29 is 14.3 Å². The molecular weight excluding hydrogens is 156 g/mol. The minimum absolute atomic E-state index is 0.0650. The van der Waals surface area contributed by atoms with Gasteiger partial charge in [0.05, 0.1) is 6.10 Å². The Hall–Kier alpha value is -0.830. The van der Waals surface area contributed by atoms with Gasteiger partial charge in [-0.2, -0.15) is 0 Å². The van der Waals surface area contributed by atoms with Gasteiger partial charge in [-0.3, -0.25) is 0 Å². The normalized spacial score (nSPS) is 17.7. The molecule has 0 saturated heterocycles. The van der Waals surface area contributed by atoms with Crippen LogP contribution in [0.5, 0.6) is 0 Å². The molecule has 1 fully saturated rings. The summed E-state index contributed by atoms with van der Waals surface area (Å²) in [5, 5.41) is 0. The van der Waals surface area contributed by atoms with E-state index in [1.807, 2.05) is 0 Å². The lowest BCUT2D eigenvalue weighted by molar-refractivity contribution is -0.154. The lowest BCUT2D eigenvalue weighted by Gasteiger charge is -2.09. The first-order valence-corrected chi connectivity index (χ1v) is 4.23. The molecule has 0 aromatic heterocycles. The number of carbonyl (C=O) groups excluding carboxylic acids is 1. The fraction of sp³-hybridized carbons (Fsp3) is 0.667. The van der Waals surface area contributed by atoms with E-state index in [0.29, 0.717) is 6.10 Å². The molecule has 1 aliphatic rings. The summed E-state index contributed by atoms with van der Waals surface area (Å²) in [5.41, 5.74) is 0. The molecule has 1 rings (SSSR count). The highest BCUT2D eigenvalue weighted by Gasteiger charge is 2.15. The average Bonchev–Trinajstić information content (AvgIpc) is 2.57. The summed E-state index contributed by atoms with van der Waals surface area (Å²) in [5.74, 6) is -0.423. The van der Waals surface area contributed by atoms with E-state index >= 15 is 0 Å². The molecule has 0 radical (unpaired) electrons. The molecular formula is C9H14O3. The Morgan fingerprint density at radius 1 is 1.50 bits per heavy atom. The van der Waals surface area contributed by atoms with E-state index in [9.17, 15) is 4.79 Å². The number of carbonyl (C=O) groups is 1. The van der Waals surface area contributed by atoms with Gasteiger partial charge in [-0.25, -0.2) is 4.79 Å². The molecule has 0 unspecified atom stereocenters. The summed E-state index contributed by atoms with van der Waals surface area (Å²) in [4.78, 5) is 10.6. The van der Waals surface area contributed by atoms with E-state index in [-0.39, 0.29) is 6.79 Å². The first kappa shape index (κ1) is 9.26. The van der Waals surface area contributed by atoms with Gasteiger partial charge >= 0.3 is 5.97 Å². The molecule has 0 heterocycles. The number of rotatable bonds is 4. The second-order valence-corrected chi connectivity index (χ2v) is 2.86. The summed E-state index contributed by atoms with van der Waals surface area (Å²) in [6.45, 7) is 3.35. The van der Waals surface area contributed by atoms with E-state index in [0.717, 1.165) is 18.9 Å². The van der Waals surface area contributed by atoms with Gasteiger partial charge in [0.1, 0.15) is 0 Å². The van der Waals surface area contributed by atoms with E-state index in [1.54, 1.807) is 0 Å². The van der Waals surface area contributed by atoms with E-state index in [1.165, 1.54) is 12.8 Å². The van der Waals surface area contributed by atoms with Crippen molar-refractivity contribution in [3.05, 3.63) is 12.7 Å². The molecule has 1 saturated carbocycles. The number of esters is 1. The molecule has 12 heavy (non-hydrogen) atoms. The maximum atomic E-state index is 10.6. The Kier molecular flexibility index (Phi) is 3.80. The molecule has 0 spiro atoms. The van der Waals surface area contributed by atoms with Crippen LogP contribution < -0.4 is 0 Å². The van der Waals surface area contributed by atoms with Crippen LogP contribution in [0.3, 0.4) is 0 Å². The Morgan fingerprint density at radius 2 is 2.17 bits per heavy atom. The summed E-state index contributed by atoms with van der Waals surface area (Å²) < 4.78 is 9.96. The summed E-state index contributed by atoms with van der Waals surface area (Å²) in [7, 11) is 0. The fourth-order valence-electron chi connectivity index (χ4n) is 1.30. The summed E-state index contributed by atoms with van der Waals surface area (Å²) in [6.07, 6.45) is 6.05. The van der Waals surface area contributed by atoms with Crippen molar-refractivity contribution in [3.8, 4) is 0 Å². The van der Waals surface area contributed by atoms with Gasteiger partial charge < -0.3 is 9.47 Å². The fourth-order valence-corrected chi connectivity index (χ4v) is 1.30. The maximum Gasteiger partial charge on any atom is 0.332 e. The van der Waals surface area contributed by atoms with Gasteiger partial charge in [0.25, 0.3) is 0 Å². The van der Waals surface area contributed by atoms with Crippen LogP contribution in [0.25, 0.3) is 0 Å². The van der Waals surface area contributed by atoms with Gasteiger partial charge in [-0.15, -0.1) is 0 Å². The first-order chi connectivity index (χ1) is 5.83. The molecule has 0 amide bonds. The topological polar surface area (TPSA) is 35.5 Å². The van der Waals surface area contributed by atoms with Crippen LogP contribution in [-0.4, -0.2) is 18.9 Å². The molecule has 0 N–H and O–H groups in total. The minimum atomic E-state index is -0.423. The Bertz CT molecular complexity index is 159. The number of hydrogen-bond donors (Lipinski definition) is 0. The van der Waals surface area contributed by atoms with Crippen LogP contribution in [0.4, 0.5) is 0 Å². The zero-order valence-corrected chi connectivity index (χ0v) is 7.12. The largest absolute Gasteiger partial charge is 0.435 e. The molecule has 0 aromatic carbocycles. The molecule has 0 atom stereocenters. The lowest BCUT2D eigenvalue weighted by Crippen LogP contribution is -2.12. The Morgan fingerprint density at radius 3 is 2.75 bits per heavy atom. The van der Waals surface area contributed by atoms with Crippen LogP contribution in [0.2, 0.25) is 0 Å². The van der Waals surface area contributed by atoms with Gasteiger partial charge in [0, 0.05) is 6.08 Å². The molecule has 3 nitrogen and oxygen atoms in total. The predicted octanol–water partition coefficient (Wildman–Crippen LogP) is 1.63. The summed E-state index contributed by atoms with van der Waals surface area (Å²) >= 11 is 0. The molecule has 68 valence electrons. The Labute approximate surface area is 72.4 Å². The molecule has 0 bridgehead atoms. The summed E-state index contributed by atoms with van der Waals surface area (Å²) in [6, 6.07) is 0. The number of hydrogen-bond acceptors (Lipinski definition) is 3. The van der Waals surface area contributed by atoms with Crippen LogP contribution in [0, 0.1) is 0 Å². The molecule has 0 aromatic rings. The van der Waals surface area contributed by atoms with Crippen molar-refractivity contribution in [2.75, 3.05) is 6.79 Å². The second-order valence-electron chi connectivity index (χ2n) is 2.86. The zero-order chi connectivity index (χ0) is 8.81. The van der Waals surface area contributed by atoms with Crippen molar-refractivity contribution in [2.45, 2.75) is 31.8 Å². The van der Waals surface area contributed by atoms with Crippen LogP contribution in [0.1, 0.15) is 25.7 Å². The van der Waals surface area contributed by atoms with Crippen LogP contribution in [-0.2, 0) is 14.3 Å². The Balaban J connectivity index is 2.01. The molecule has 1 aliphatic carbocycles. The van der Waals surface area contributed by atoms with Gasteiger partial charge in [0.15, 0.2) is 6.79 Å². The standard InChI is InChI=1S/C9H14O3/c1-2-9(10)12-7-11-8-5-3-4-6-8/h2,8H,1,3-7H2. The highest BCUT2D eigenvalue weighted by Crippen LogP contribution is 2.20. The monoisotopic (exact) mass is 170 g/mol. The van der Waals surface area contributed by atoms with Crippen molar-refractivity contribution in [1.29, 1.82) is 0 Å². The molecule has 0 aliphatic heterocycles. The highest BCUT2D eigenvalue weighted by atomic mass is 16.7. The third kappa shape index (κ3) is 3.05. The smallest absolute Gasteiger partial charge is 0.332 e. The van der Waals surface area contributed by atoms with Gasteiger partial charge in [0.2, 0.25) is 0 Å². The van der Waals surface area contributed by atoms with E-state index in [4.69, 9.17) is 4.74 Å². The predicted molar refractivity (Wildman–Crippen MR) is 44.5 cm³/mol. The zero-order valence-electron chi connectivity index (χ0n) is 7.12. The highest BCUT2D eigenvalue weighted by molar-refractivity contribution is 5.81. The van der Waals surface area contributed by atoms with Gasteiger partial charge in [-0.05, 0) is 12.8 Å². The maximum absolute atomic E-state index is 10.6. The second kappa shape index (κ2) is 4.93. The lowest BCUT2D eigenvalue weighted by atomic mass is 10.3. The van der Waals surface area contributed by atoms with Crippen molar-refractivity contribution in [3.63, 3.8) is 0 Å². The van der Waals surface area contributed by atoms with Crippen molar-refractivity contribution >= 4 is 5.97 Å². The average molecular weight is 170 g/mol. The number of ether oxygens (including phenoxy) is 2. The minimum Gasteiger partial charge on any atom is -0.435 e.